The Hall–Kier alpha value is -2.45. The summed E-state index contributed by atoms with van der Waals surface area (Å²) in [5.41, 5.74) is 6.20. The molecule has 2 rings (SSSR count). The molecule has 5 nitrogen and oxygen atoms in total. The quantitative estimate of drug-likeness (QED) is 0.836. The first-order chi connectivity index (χ1) is 10.2. The van der Waals surface area contributed by atoms with E-state index in [1.165, 1.54) is 0 Å². The Bertz CT molecular complexity index is 704. The molecule has 21 heavy (non-hydrogen) atoms. The van der Waals surface area contributed by atoms with E-state index in [1.54, 1.807) is 21.5 Å². The van der Waals surface area contributed by atoms with Gasteiger partial charge in [-0.2, -0.15) is 0 Å². The first-order valence-electron chi connectivity index (χ1n) is 6.92. The van der Waals surface area contributed by atoms with Crippen molar-refractivity contribution in [3.05, 3.63) is 52.7 Å². The van der Waals surface area contributed by atoms with Crippen LogP contribution in [0.4, 0.5) is 0 Å². The molecule has 0 saturated carbocycles. The molecule has 0 saturated heterocycles. The lowest BCUT2D eigenvalue weighted by Crippen LogP contribution is -2.25. The average Bonchev–Trinajstić information content (AvgIpc) is 2.86. The highest BCUT2D eigenvalue weighted by Gasteiger charge is 2.01. The van der Waals surface area contributed by atoms with Crippen molar-refractivity contribution in [1.29, 1.82) is 0 Å². The molecular formula is C16H19N3O2. The molecule has 0 fully saturated rings. The largest absolute Gasteiger partial charge is 0.492 e. The normalized spacial score (nSPS) is 10.0. The number of rotatable bonds is 5. The van der Waals surface area contributed by atoms with Crippen LogP contribution >= 0.6 is 0 Å². The van der Waals surface area contributed by atoms with Gasteiger partial charge in [-0.15, -0.1) is 0 Å². The van der Waals surface area contributed by atoms with Crippen molar-refractivity contribution >= 4 is 0 Å². The Balaban J connectivity index is 1.94. The zero-order valence-electron chi connectivity index (χ0n) is 12.1. The highest BCUT2D eigenvalue weighted by molar-refractivity contribution is 5.39. The molecule has 1 aromatic heterocycles. The summed E-state index contributed by atoms with van der Waals surface area (Å²) in [5, 5.41) is 0. The minimum Gasteiger partial charge on any atom is -0.492 e. The lowest BCUT2D eigenvalue weighted by molar-refractivity contribution is 0.296. The maximum absolute atomic E-state index is 11.9. The lowest BCUT2D eigenvalue weighted by Gasteiger charge is -2.06. The van der Waals surface area contributed by atoms with E-state index in [9.17, 15) is 4.79 Å². The molecule has 5 heteroatoms. The van der Waals surface area contributed by atoms with E-state index in [0.717, 1.165) is 11.3 Å². The van der Waals surface area contributed by atoms with Gasteiger partial charge < -0.3 is 10.5 Å². The Morgan fingerprint density at radius 2 is 2.10 bits per heavy atom. The van der Waals surface area contributed by atoms with Crippen LogP contribution in [0.1, 0.15) is 12.5 Å². The van der Waals surface area contributed by atoms with Gasteiger partial charge in [-0.3, -0.25) is 9.13 Å². The number of nitrogens with two attached hydrogens (primary N) is 1. The molecule has 0 aliphatic rings. The number of imidazole rings is 1. The van der Waals surface area contributed by atoms with Gasteiger partial charge in [-0.25, -0.2) is 4.79 Å². The Kier molecular flexibility index (Phi) is 5.24. The third-order valence-corrected chi connectivity index (χ3v) is 3.03. The van der Waals surface area contributed by atoms with E-state index in [4.69, 9.17) is 10.5 Å². The molecule has 110 valence electrons. The maximum atomic E-state index is 11.9. The number of benzene rings is 1. The third-order valence-electron chi connectivity index (χ3n) is 3.03. The first-order valence-corrected chi connectivity index (χ1v) is 6.92. The molecule has 0 amide bonds. The molecule has 2 N–H and O–H groups in total. The van der Waals surface area contributed by atoms with Crippen LogP contribution in [-0.4, -0.2) is 22.3 Å². The number of ether oxygens (including phenoxy) is 1. The molecule has 0 radical (unpaired) electrons. The fourth-order valence-corrected chi connectivity index (χ4v) is 1.94. The number of nitrogens with zero attached hydrogens (tertiary/aromatic N) is 2. The van der Waals surface area contributed by atoms with Crippen molar-refractivity contribution in [2.45, 2.75) is 20.0 Å². The summed E-state index contributed by atoms with van der Waals surface area (Å²) >= 11 is 0. The second-order valence-corrected chi connectivity index (χ2v) is 4.44. The second kappa shape index (κ2) is 7.36. The van der Waals surface area contributed by atoms with Crippen LogP contribution in [0.5, 0.6) is 5.75 Å². The standard InChI is InChI=1S/C16H19N3O2/c1-2-18-9-10-19(16(18)20)11-12-21-15-7-3-5-14(13-15)6-4-8-17/h3,5,7,9-10,13H,2,8,11-12,17H2,1H3. The van der Waals surface area contributed by atoms with Gasteiger partial charge in [0.2, 0.25) is 0 Å². The van der Waals surface area contributed by atoms with E-state index < -0.39 is 0 Å². The van der Waals surface area contributed by atoms with Gasteiger partial charge in [0.15, 0.2) is 0 Å². The fraction of sp³-hybridized carbons (Fsp3) is 0.312. The number of aromatic nitrogens is 2. The predicted octanol–water partition coefficient (Wildman–Crippen LogP) is 1.06. The number of hydrogen-bond donors (Lipinski definition) is 1. The molecular weight excluding hydrogens is 266 g/mol. The molecule has 0 atom stereocenters. The Morgan fingerprint density at radius 3 is 2.81 bits per heavy atom. The van der Waals surface area contributed by atoms with Gasteiger partial charge >= 0.3 is 5.69 Å². The first kappa shape index (κ1) is 14.9. The summed E-state index contributed by atoms with van der Waals surface area (Å²) < 4.78 is 8.96. The summed E-state index contributed by atoms with van der Waals surface area (Å²) in [6, 6.07) is 7.52. The van der Waals surface area contributed by atoms with Gasteiger partial charge in [0.05, 0.1) is 13.1 Å². The molecule has 1 aromatic carbocycles. The van der Waals surface area contributed by atoms with Crippen molar-refractivity contribution < 1.29 is 4.74 Å². The molecule has 1 heterocycles. The Morgan fingerprint density at radius 1 is 1.29 bits per heavy atom. The molecule has 0 aliphatic heterocycles. The summed E-state index contributed by atoms with van der Waals surface area (Å²) in [6.45, 7) is 3.90. The second-order valence-electron chi connectivity index (χ2n) is 4.44. The van der Waals surface area contributed by atoms with Crippen molar-refractivity contribution in [2.24, 2.45) is 5.73 Å². The van der Waals surface area contributed by atoms with Gasteiger partial charge in [0, 0.05) is 24.5 Å². The fourth-order valence-electron chi connectivity index (χ4n) is 1.94. The van der Waals surface area contributed by atoms with E-state index in [2.05, 4.69) is 11.8 Å². The van der Waals surface area contributed by atoms with Crippen LogP contribution in [0.2, 0.25) is 0 Å². The summed E-state index contributed by atoms with van der Waals surface area (Å²) in [6.07, 6.45) is 3.56. The highest BCUT2D eigenvalue weighted by atomic mass is 16.5. The van der Waals surface area contributed by atoms with Crippen molar-refractivity contribution in [2.75, 3.05) is 13.2 Å². The van der Waals surface area contributed by atoms with Gasteiger partial charge in [0.1, 0.15) is 12.4 Å². The van der Waals surface area contributed by atoms with E-state index in [-0.39, 0.29) is 5.69 Å². The van der Waals surface area contributed by atoms with E-state index in [0.29, 0.717) is 26.2 Å². The van der Waals surface area contributed by atoms with Gasteiger partial charge in [0.25, 0.3) is 0 Å². The summed E-state index contributed by atoms with van der Waals surface area (Å²) in [5.74, 6) is 6.50. The maximum Gasteiger partial charge on any atom is 0.328 e. The van der Waals surface area contributed by atoms with Gasteiger partial charge in [-0.05, 0) is 25.1 Å². The van der Waals surface area contributed by atoms with Crippen LogP contribution in [0.15, 0.2) is 41.5 Å². The average molecular weight is 285 g/mol. The smallest absolute Gasteiger partial charge is 0.328 e. The zero-order valence-corrected chi connectivity index (χ0v) is 12.1. The predicted molar refractivity (Wildman–Crippen MR) is 82.2 cm³/mol. The van der Waals surface area contributed by atoms with E-state index >= 15 is 0 Å². The van der Waals surface area contributed by atoms with Crippen LogP contribution in [0.25, 0.3) is 0 Å². The van der Waals surface area contributed by atoms with Crippen molar-refractivity contribution in [3.8, 4) is 17.6 Å². The zero-order chi connectivity index (χ0) is 15.1. The molecule has 2 aromatic rings. The van der Waals surface area contributed by atoms with Crippen molar-refractivity contribution in [1.82, 2.24) is 9.13 Å². The minimum absolute atomic E-state index is 0.0105. The summed E-state index contributed by atoms with van der Waals surface area (Å²) in [7, 11) is 0. The van der Waals surface area contributed by atoms with Gasteiger partial charge in [-0.1, -0.05) is 17.9 Å². The number of aryl methyl sites for hydroxylation is 1. The summed E-state index contributed by atoms with van der Waals surface area (Å²) in [4.78, 5) is 11.9. The minimum atomic E-state index is -0.0105. The molecule has 0 spiro atoms. The highest BCUT2D eigenvalue weighted by Crippen LogP contribution is 2.12. The SMILES string of the molecule is CCn1ccn(CCOc2cccc(C#CCN)c2)c1=O. The van der Waals surface area contributed by atoms with E-state index in [1.807, 2.05) is 31.2 Å². The monoisotopic (exact) mass is 285 g/mol. The van der Waals surface area contributed by atoms with Crippen LogP contribution < -0.4 is 16.2 Å². The van der Waals surface area contributed by atoms with Crippen LogP contribution in [-0.2, 0) is 13.1 Å². The third kappa shape index (κ3) is 4.01. The molecule has 0 aliphatic carbocycles. The van der Waals surface area contributed by atoms with Crippen molar-refractivity contribution in [3.63, 3.8) is 0 Å². The lowest BCUT2D eigenvalue weighted by atomic mass is 10.2. The molecule has 0 unspecified atom stereocenters. The topological polar surface area (TPSA) is 62.2 Å². The number of hydrogen-bond acceptors (Lipinski definition) is 3. The molecule has 0 bridgehead atoms. The Labute approximate surface area is 124 Å². The van der Waals surface area contributed by atoms with Crippen LogP contribution in [0.3, 0.4) is 0 Å². The van der Waals surface area contributed by atoms with Crippen LogP contribution in [0, 0.1) is 11.8 Å².